The molecule has 0 aromatic heterocycles. The van der Waals surface area contributed by atoms with Gasteiger partial charge in [-0.15, -0.1) is 0 Å². The summed E-state index contributed by atoms with van der Waals surface area (Å²) >= 11 is 0. The fourth-order valence-electron chi connectivity index (χ4n) is 2.03. The summed E-state index contributed by atoms with van der Waals surface area (Å²) in [4.78, 5) is 0. The highest BCUT2D eigenvalue weighted by Crippen LogP contribution is 2.32. The highest BCUT2D eigenvalue weighted by atomic mass is 16.5. The van der Waals surface area contributed by atoms with E-state index in [0.29, 0.717) is 26.3 Å². The highest BCUT2D eigenvalue weighted by Gasteiger charge is 2.06. The lowest BCUT2D eigenvalue weighted by Gasteiger charge is -2.12. The molecule has 0 saturated heterocycles. The van der Waals surface area contributed by atoms with E-state index < -0.39 is 0 Å². The number of rotatable bonds is 8. The second-order valence-electron chi connectivity index (χ2n) is 4.59. The van der Waals surface area contributed by atoms with Crippen molar-refractivity contribution >= 4 is 10.8 Å². The Morgan fingerprint density at radius 2 is 1.15 bits per heavy atom. The van der Waals surface area contributed by atoms with Crippen LogP contribution >= 0.6 is 0 Å². The Labute approximate surface area is 119 Å². The molecule has 0 fully saturated rings. The minimum atomic E-state index is 0.633. The maximum atomic E-state index is 5.78. The van der Waals surface area contributed by atoms with Gasteiger partial charge in [0.2, 0.25) is 0 Å². The molecule has 108 valence electrons. The molecule has 4 N–H and O–H groups in total. The van der Waals surface area contributed by atoms with Gasteiger partial charge in [0, 0.05) is 10.8 Å². The topological polar surface area (TPSA) is 70.5 Å². The maximum absolute atomic E-state index is 5.78. The van der Waals surface area contributed by atoms with Crippen LogP contribution in [0.5, 0.6) is 11.5 Å². The molecular weight excluding hydrogens is 252 g/mol. The predicted molar refractivity (Wildman–Crippen MR) is 82.3 cm³/mol. The predicted octanol–water partition coefficient (Wildman–Crippen LogP) is 2.29. The minimum Gasteiger partial charge on any atom is -0.493 e. The lowest BCUT2D eigenvalue weighted by molar-refractivity contribution is 0.314. The molecular formula is C16H22N2O2. The van der Waals surface area contributed by atoms with E-state index in [1.165, 1.54) is 0 Å². The molecule has 0 radical (unpaired) electrons. The summed E-state index contributed by atoms with van der Waals surface area (Å²) in [6.45, 7) is 2.54. The van der Waals surface area contributed by atoms with Crippen LogP contribution < -0.4 is 20.9 Å². The summed E-state index contributed by atoms with van der Waals surface area (Å²) in [5, 5.41) is 2.13. The van der Waals surface area contributed by atoms with Gasteiger partial charge in [-0.1, -0.05) is 24.3 Å². The van der Waals surface area contributed by atoms with Gasteiger partial charge in [0.15, 0.2) is 0 Å². The van der Waals surface area contributed by atoms with Crippen molar-refractivity contribution in [2.75, 3.05) is 26.3 Å². The number of benzene rings is 2. The average molecular weight is 274 g/mol. The third-order valence-electron chi connectivity index (χ3n) is 3.05. The Kier molecular flexibility index (Phi) is 5.65. The van der Waals surface area contributed by atoms with Crippen molar-refractivity contribution in [3.05, 3.63) is 36.4 Å². The van der Waals surface area contributed by atoms with Crippen molar-refractivity contribution in [3.8, 4) is 11.5 Å². The van der Waals surface area contributed by atoms with Crippen molar-refractivity contribution in [2.24, 2.45) is 11.5 Å². The van der Waals surface area contributed by atoms with E-state index in [9.17, 15) is 0 Å². The highest BCUT2D eigenvalue weighted by molar-refractivity contribution is 5.93. The summed E-state index contributed by atoms with van der Waals surface area (Å²) in [5.41, 5.74) is 11.0. The van der Waals surface area contributed by atoms with Crippen LogP contribution in [0.2, 0.25) is 0 Å². The zero-order chi connectivity index (χ0) is 14.2. The molecule has 0 aliphatic heterocycles. The van der Waals surface area contributed by atoms with Crippen LogP contribution in [0.3, 0.4) is 0 Å². The molecule has 0 atom stereocenters. The third-order valence-corrected chi connectivity index (χ3v) is 3.05. The molecule has 20 heavy (non-hydrogen) atoms. The van der Waals surface area contributed by atoms with Crippen LogP contribution in [0.25, 0.3) is 10.8 Å². The van der Waals surface area contributed by atoms with E-state index in [1.807, 2.05) is 36.4 Å². The van der Waals surface area contributed by atoms with E-state index in [1.54, 1.807) is 0 Å². The summed E-state index contributed by atoms with van der Waals surface area (Å²) in [6.07, 6.45) is 1.70. The Morgan fingerprint density at radius 1 is 0.700 bits per heavy atom. The number of ether oxygens (including phenoxy) is 2. The van der Waals surface area contributed by atoms with Gasteiger partial charge in [-0.3, -0.25) is 0 Å². The second-order valence-corrected chi connectivity index (χ2v) is 4.59. The van der Waals surface area contributed by atoms with Gasteiger partial charge >= 0.3 is 0 Å². The molecule has 0 heterocycles. The normalized spacial score (nSPS) is 10.7. The van der Waals surface area contributed by atoms with Gasteiger partial charge in [0.25, 0.3) is 0 Å². The summed E-state index contributed by atoms with van der Waals surface area (Å²) in [7, 11) is 0. The molecule has 0 bridgehead atoms. The molecule has 4 heteroatoms. The van der Waals surface area contributed by atoms with Gasteiger partial charge < -0.3 is 20.9 Å². The standard InChI is InChI=1S/C16H22N2O2/c17-9-3-11-19-15-7-1-5-13-14(15)6-2-8-16(13)20-12-4-10-18/h1-2,5-8H,3-4,9-12,17-18H2. The molecule has 0 amide bonds. The van der Waals surface area contributed by atoms with Crippen molar-refractivity contribution in [3.63, 3.8) is 0 Å². The Bertz CT molecular complexity index is 494. The molecule has 0 saturated carbocycles. The lowest BCUT2D eigenvalue weighted by Crippen LogP contribution is -2.07. The number of hydrogen-bond donors (Lipinski definition) is 2. The average Bonchev–Trinajstić information content (AvgIpc) is 2.48. The van der Waals surface area contributed by atoms with Crippen molar-refractivity contribution in [1.82, 2.24) is 0 Å². The van der Waals surface area contributed by atoms with E-state index in [2.05, 4.69) is 0 Å². The maximum Gasteiger partial charge on any atom is 0.127 e. The van der Waals surface area contributed by atoms with Crippen LogP contribution in [0.4, 0.5) is 0 Å². The summed E-state index contributed by atoms with van der Waals surface area (Å²) in [6, 6.07) is 12.0. The largest absolute Gasteiger partial charge is 0.493 e. The zero-order valence-corrected chi connectivity index (χ0v) is 11.7. The first kappa shape index (κ1) is 14.6. The van der Waals surface area contributed by atoms with Gasteiger partial charge in [-0.2, -0.15) is 0 Å². The molecule has 2 rings (SSSR count). The zero-order valence-electron chi connectivity index (χ0n) is 11.7. The quantitative estimate of drug-likeness (QED) is 0.725. The van der Waals surface area contributed by atoms with Crippen molar-refractivity contribution in [1.29, 1.82) is 0 Å². The fourth-order valence-corrected chi connectivity index (χ4v) is 2.03. The van der Waals surface area contributed by atoms with E-state index in [-0.39, 0.29) is 0 Å². The van der Waals surface area contributed by atoms with E-state index in [4.69, 9.17) is 20.9 Å². The van der Waals surface area contributed by atoms with Crippen LogP contribution in [0.15, 0.2) is 36.4 Å². The van der Waals surface area contributed by atoms with Gasteiger partial charge in [-0.05, 0) is 38.1 Å². The van der Waals surface area contributed by atoms with Gasteiger partial charge in [0.1, 0.15) is 11.5 Å². The Hall–Kier alpha value is -1.78. The Morgan fingerprint density at radius 3 is 1.55 bits per heavy atom. The molecule has 0 aliphatic rings. The second kappa shape index (κ2) is 7.72. The van der Waals surface area contributed by atoms with Crippen LogP contribution in [-0.4, -0.2) is 26.3 Å². The van der Waals surface area contributed by atoms with Crippen molar-refractivity contribution in [2.45, 2.75) is 12.8 Å². The first-order valence-electron chi connectivity index (χ1n) is 7.04. The first-order valence-corrected chi connectivity index (χ1v) is 7.04. The minimum absolute atomic E-state index is 0.633. The number of fused-ring (bicyclic) bond motifs is 1. The molecule has 2 aromatic carbocycles. The number of nitrogens with two attached hydrogens (primary N) is 2. The Balaban J connectivity index is 2.21. The molecule has 0 spiro atoms. The molecule has 0 aliphatic carbocycles. The first-order chi connectivity index (χ1) is 9.86. The van der Waals surface area contributed by atoms with E-state index in [0.717, 1.165) is 35.1 Å². The number of hydrogen-bond acceptors (Lipinski definition) is 4. The van der Waals surface area contributed by atoms with Crippen molar-refractivity contribution < 1.29 is 9.47 Å². The lowest BCUT2D eigenvalue weighted by atomic mass is 10.1. The SMILES string of the molecule is NCCCOc1cccc2c(OCCCN)cccc12. The fraction of sp³-hybridized carbons (Fsp3) is 0.375. The van der Waals surface area contributed by atoms with Crippen LogP contribution in [0.1, 0.15) is 12.8 Å². The summed E-state index contributed by atoms with van der Waals surface area (Å²) < 4.78 is 11.6. The van der Waals surface area contributed by atoms with Gasteiger partial charge in [-0.25, -0.2) is 0 Å². The molecule has 4 nitrogen and oxygen atoms in total. The van der Waals surface area contributed by atoms with Gasteiger partial charge in [0.05, 0.1) is 13.2 Å². The van der Waals surface area contributed by atoms with Crippen LogP contribution in [-0.2, 0) is 0 Å². The summed E-state index contributed by atoms with van der Waals surface area (Å²) in [5.74, 6) is 1.75. The molecule has 2 aromatic rings. The monoisotopic (exact) mass is 274 g/mol. The molecule has 0 unspecified atom stereocenters. The third kappa shape index (κ3) is 3.62. The smallest absolute Gasteiger partial charge is 0.127 e. The van der Waals surface area contributed by atoms with E-state index >= 15 is 0 Å². The van der Waals surface area contributed by atoms with Crippen LogP contribution in [0, 0.1) is 0 Å².